The summed E-state index contributed by atoms with van der Waals surface area (Å²) in [5.41, 5.74) is 5.83. The number of nitrogens with zero attached hydrogens (tertiary/aromatic N) is 3. The number of aromatic nitrogens is 2. The normalized spacial score (nSPS) is 21.6. The summed E-state index contributed by atoms with van der Waals surface area (Å²) in [5.74, 6) is 0.529. The van der Waals surface area contributed by atoms with Crippen LogP contribution in [0.3, 0.4) is 0 Å². The number of imidazole rings is 1. The Kier molecular flexibility index (Phi) is 3.47. The zero-order valence-electron chi connectivity index (χ0n) is 11.3. The van der Waals surface area contributed by atoms with Crippen molar-refractivity contribution in [1.82, 2.24) is 13.7 Å². The fraction of sp³-hybridized carbons (Fsp3) is 0.583. The number of anilines is 1. The van der Waals surface area contributed by atoms with E-state index in [1.54, 1.807) is 14.9 Å². The van der Waals surface area contributed by atoms with Crippen molar-refractivity contribution in [2.24, 2.45) is 5.92 Å². The lowest BCUT2D eigenvalue weighted by molar-refractivity contribution is 0.261. The molecule has 1 aliphatic rings. The van der Waals surface area contributed by atoms with Gasteiger partial charge in [0.15, 0.2) is 15.8 Å². The lowest BCUT2D eigenvalue weighted by atomic mass is 9.97. The van der Waals surface area contributed by atoms with Crippen LogP contribution in [0.5, 0.6) is 0 Å². The molecule has 0 amide bonds. The van der Waals surface area contributed by atoms with E-state index in [0.717, 1.165) is 19.3 Å². The van der Waals surface area contributed by atoms with Crippen LogP contribution in [0, 0.1) is 5.92 Å². The molecule has 1 saturated heterocycles. The largest absolute Gasteiger partial charge is 0.381 e. The summed E-state index contributed by atoms with van der Waals surface area (Å²) >= 11 is 1.38. The standard InChI is InChI=1S/C12H18N4O2S2/c1-2-9-4-3-5-15(8-9)20(17,18)11-10(13)14-12-16(11)6-7-19-12/h6-7,9H,2-5,8,13H2,1H3. The third-order valence-corrected chi connectivity index (χ3v) is 6.55. The zero-order chi connectivity index (χ0) is 14.3. The first-order chi connectivity index (χ1) is 9.54. The van der Waals surface area contributed by atoms with Gasteiger partial charge in [0.1, 0.15) is 0 Å². The Morgan fingerprint density at radius 1 is 1.55 bits per heavy atom. The quantitative estimate of drug-likeness (QED) is 0.936. The summed E-state index contributed by atoms with van der Waals surface area (Å²) in [6.07, 6.45) is 4.71. The molecule has 2 aromatic rings. The zero-order valence-corrected chi connectivity index (χ0v) is 13.0. The van der Waals surface area contributed by atoms with Crippen molar-refractivity contribution in [2.75, 3.05) is 18.8 Å². The molecule has 0 spiro atoms. The van der Waals surface area contributed by atoms with Crippen LogP contribution in [-0.4, -0.2) is 35.2 Å². The molecule has 0 aliphatic carbocycles. The molecule has 2 aromatic heterocycles. The molecule has 6 nitrogen and oxygen atoms in total. The molecule has 1 unspecified atom stereocenters. The average molecular weight is 314 g/mol. The van der Waals surface area contributed by atoms with Gasteiger partial charge in [-0.3, -0.25) is 4.40 Å². The summed E-state index contributed by atoms with van der Waals surface area (Å²) in [7, 11) is -3.57. The van der Waals surface area contributed by atoms with E-state index in [1.165, 1.54) is 11.3 Å². The number of nitrogens with two attached hydrogens (primary N) is 1. The molecule has 2 N–H and O–H groups in total. The number of fused-ring (bicyclic) bond motifs is 1. The van der Waals surface area contributed by atoms with Gasteiger partial charge in [-0.05, 0) is 18.8 Å². The predicted octanol–water partition coefficient (Wildman–Crippen LogP) is 1.79. The fourth-order valence-corrected chi connectivity index (χ4v) is 5.24. The molecule has 20 heavy (non-hydrogen) atoms. The highest BCUT2D eigenvalue weighted by Crippen LogP contribution is 2.29. The van der Waals surface area contributed by atoms with Gasteiger partial charge in [0.25, 0.3) is 10.0 Å². The second-order valence-corrected chi connectivity index (χ2v) is 7.86. The van der Waals surface area contributed by atoms with E-state index in [1.807, 2.05) is 5.38 Å². The minimum absolute atomic E-state index is 0.0930. The topological polar surface area (TPSA) is 80.7 Å². The molecule has 3 rings (SSSR count). The van der Waals surface area contributed by atoms with Gasteiger partial charge in [-0.2, -0.15) is 4.31 Å². The van der Waals surface area contributed by atoms with Gasteiger partial charge in [0, 0.05) is 24.7 Å². The molecule has 1 fully saturated rings. The number of sulfonamides is 1. The van der Waals surface area contributed by atoms with Gasteiger partial charge >= 0.3 is 0 Å². The number of nitrogen functional groups attached to an aromatic ring is 1. The molecular formula is C12H18N4O2S2. The van der Waals surface area contributed by atoms with Gasteiger partial charge in [-0.15, -0.1) is 11.3 Å². The fourth-order valence-electron chi connectivity index (χ4n) is 2.74. The number of thiazole rings is 1. The first-order valence-electron chi connectivity index (χ1n) is 6.75. The Morgan fingerprint density at radius 3 is 3.10 bits per heavy atom. The lowest BCUT2D eigenvalue weighted by Gasteiger charge is -2.31. The summed E-state index contributed by atoms with van der Waals surface area (Å²) in [6.45, 7) is 3.25. The smallest absolute Gasteiger partial charge is 0.262 e. The van der Waals surface area contributed by atoms with Crippen molar-refractivity contribution < 1.29 is 8.42 Å². The Balaban J connectivity index is 2.03. The third-order valence-electron chi connectivity index (χ3n) is 3.89. The van der Waals surface area contributed by atoms with E-state index >= 15 is 0 Å². The molecule has 0 aromatic carbocycles. The van der Waals surface area contributed by atoms with Gasteiger partial charge in [-0.1, -0.05) is 13.3 Å². The number of rotatable bonds is 3. The Bertz CT molecular complexity index is 719. The minimum atomic E-state index is -3.57. The Morgan fingerprint density at radius 2 is 2.35 bits per heavy atom. The highest BCUT2D eigenvalue weighted by Gasteiger charge is 2.34. The van der Waals surface area contributed by atoms with Gasteiger partial charge in [0.2, 0.25) is 0 Å². The summed E-state index contributed by atoms with van der Waals surface area (Å²) in [5, 5.41) is 1.93. The maximum absolute atomic E-state index is 12.8. The monoisotopic (exact) mass is 314 g/mol. The SMILES string of the molecule is CCC1CCCN(S(=O)(=O)c2c(N)nc3sccn23)C1. The summed E-state index contributed by atoms with van der Waals surface area (Å²) in [6, 6.07) is 0. The van der Waals surface area contributed by atoms with Gasteiger partial charge in [0.05, 0.1) is 0 Å². The van der Waals surface area contributed by atoms with Crippen molar-refractivity contribution in [3.05, 3.63) is 11.6 Å². The number of hydrogen-bond donors (Lipinski definition) is 1. The highest BCUT2D eigenvalue weighted by molar-refractivity contribution is 7.89. The van der Waals surface area contributed by atoms with Crippen molar-refractivity contribution >= 4 is 32.1 Å². The minimum Gasteiger partial charge on any atom is -0.381 e. The van der Waals surface area contributed by atoms with Crippen molar-refractivity contribution in [1.29, 1.82) is 0 Å². The molecule has 8 heteroatoms. The molecular weight excluding hydrogens is 296 g/mol. The second kappa shape index (κ2) is 5.01. The van der Waals surface area contributed by atoms with Gasteiger partial charge < -0.3 is 5.73 Å². The van der Waals surface area contributed by atoms with Crippen LogP contribution in [0.2, 0.25) is 0 Å². The van der Waals surface area contributed by atoms with Crippen LogP contribution < -0.4 is 5.73 Å². The maximum Gasteiger partial charge on any atom is 0.262 e. The Hall–Kier alpha value is -1.12. The molecule has 1 atom stereocenters. The Labute approximate surface area is 122 Å². The van der Waals surface area contributed by atoms with Crippen molar-refractivity contribution in [2.45, 2.75) is 31.2 Å². The first-order valence-corrected chi connectivity index (χ1v) is 9.07. The van der Waals surface area contributed by atoms with E-state index < -0.39 is 10.0 Å². The highest BCUT2D eigenvalue weighted by atomic mass is 32.2. The third kappa shape index (κ3) is 2.11. The number of hydrogen-bond acceptors (Lipinski definition) is 5. The first kappa shape index (κ1) is 13.8. The molecule has 0 radical (unpaired) electrons. The van der Waals surface area contributed by atoms with Crippen LogP contribution >= 0.6 is 11.3 Å². The van der Waals surface area contributed by atoms with Crippen molar-refractivity contribution in [3.8, 4) is 0 Å². The van der Waals surface area contributed by atoms with Crippen LogP contribution in [0.1, 0.15) is 26.2 Å². The average Bonchev–Trinajstić information content (AvgIpc) is 2.98. The van der Waals surface area contributed by atoms with Crippen LogP contribution in [0.4, 0.5) is 5.82 Å². The van der Waals surface area contributed by atoms with E-state index in [4.69, 9.17) is 5.73 Å². The second-order valence-electron chi connectivity index (χ2n) is 5.14. The van der Waals surface area contributed by atoms with E-state index in [9.17, 15) is 8.42 Å². The maximum atomic E-state index is 12.8. The van der Waals surface area contributed by atoms with E-state index in [2.05, 4.69) is 11.9 Å². The molecule has 110 valence electrons. The molecule has 3 heterocycles. The van der Waals surface area contributed by atoms with Crippen LogP contribution in [-0.2, 0) is 10.0 Å². The number of piperidine rings is 1. The summed E-state index contributed by atoms with van der Waals surface area (Å²) < 4.78 is 28.8. The lowest BCUT2D eigenvalue weighted by Crippen LogP contribution is -2.40. The van der Waals surface area contributed by atoms with Crippen LogP contribution in [0.15, 0.2) is 16.6 Å². The van der Waals surface area contributed by atoms with E-state index in [-0.39, 0.29) is 10.8 Å². The molecule has 0 bridgehead atoms. The van der Waals surface area contributed by atoms with Crippen LogP contribution in [0.25, 0.3) is 4.96 Å². The van der Waals surface area contributed by atoms with E-state index in [0.29, 0.717) is 24.0 Å². The van der Waals surface area contributed by atoms with Gasteiger partial charge in [-0.25, -0.2) is 13.4 Å². The van der Waals surface area contributed by atoms with Crippen molar-refractivity contribution in [3.63, 3.8) is 0 Å². The summed E-state index contributed by atoms with van der Waals surface area (Å²) in [4.78, 5) is 4.74. The molecule has 0 saturated carbocycles. The molecule has 1 aliphatic heterocycles. The predicted molar refractivity (Wildman–Crippen MR) is 79.3 cm³/mol.